The van der Waals surface area contributed by atoms with E-state index in [-0.39, 0.29) is 34.1 Å². The van der Waals surface area contributed by atoms with Gasteiger partial charge in [-0.15, -0.1) is 0 Å². The van der Waals surface area contributed by atoms with Crippen molar-refractivity contribution in [1.82, 2.24) is 0 Å². The van der Waals surface area contributed by atoms with E-state index in [9.17, 15) is 0 Å². The Labute approximate surface area is 70.6 Å². The van der Waals surface area contributed by atoms with Crippen molar-refractivity contribution in [2.24, 2.45) is 0 Å². The van der Waals surface area contributed by atoms with Crippen molar-refractivity contribution in [3.05, 3.63) is 36.4 Å². The van der Waals surface area contributed by atoms with Crippen LogP contribution in [0.1, 0.15) is 0 Å². The number of hydrogen-bond donors (Lipinski definition) is 0. The molecule has 0 saturated heterocycles. The van der Waals surface area contributed by atoms with Gasteiger partial charge in [-0.05, 0) is 0 Å². The summed E-state index contributed by atoms with van der Waals surface area (Å²) in [6.45, 7) is 0. The van der Waals surface area contributed by atoms with Gasteiger partial charge in [-0.25, -0.2) is 0 Å². The Kier molecular flexibility index (Phi) is 10.1. The number of rotatable bonds is 0. The Morgan fingerprint density at radius 3 is 0.750 bits per heavy atom. The molecular formula is C6H6FeMn. The van der Waals surface area contributed by atoms with Crippen molar-refractivity contribution in [3.8, 4) is 0 Å². The second kappa shape index (κ2) is 7.26. The SMILES string of the molecule is [Fe].[Mn].c1ccccc1. The first-order valence-electron chi connectivity index (χ1n) is 2.00. The average molecular weight is 189 g/mol. The molecular weight excluding hydrogens is 183 g/mol. The van der Waals surface area contributed by atoms with Crippen molar-refractivity contribution in [2.45, 2.75) is 0 Å². The Morgan fingerprint density at radius 1 is 0.500 bits per heavy atom. The summed E-state index contributed by atoms with van der Waals surface area (Å²) in [6, 6.07) is 12.0. The van der Waals surface area contributed by atoms with E-state index in [0.29, 0.717) is 0 Å². The van der Waals surface area contributed by atoms with Gasteiger partial charge in [0, 0.05) is 34.1 Å². The van der Waals surface area contributed by atoms with Crippen LogP contribution in [0.3, 0.4) is 0 Å². The third-order valence-corrected chi connectivity index (χ3v) is 0.667. The molecule has 0 saturated carbocycles. The zero-order valence-corrected chi connectivity index (χ0v) is 6.48. The molecule has 0 aliphatic heterocycles. The van der Waals surface area contributed by atoms with E-state index in [1.807, 2.05) is 36.4 Å². The standard InChI is InChI=1S/C6H6.Fe.Mn/c1-2-4-6-5-3-1;;/h1-6H;;. The van der Waals surface area contributed by atoms with Gasteiger partial charge in [-0.3, -0.25) is 0 Å². The summed E-state index contributed by atoms with van der Waals surface area (Å²) in [5, 5.41) is 0. The molecule has 0 fully saturated rings. The molecule has 0 nitrogen and oxygen atoms in total. The van der Waals surface area contributed by atoms with Gasteiger partial charge in [0.05, 0.1) is 0 Å². The van der Waals surface area contributed by atoms with E-state index in [1.54, 1.807) is 0 Å². The molecule has 1 rings (SSSR count). The molecule has 1 aromatic rings. The van der Waals surface area contributed by atoms with Gasteiger partial charge < -0.3 is 0 Å². The summed E-state index contributed by atoms with van der Waals surface area (Å²) in [4.78, 5) is 0. The molecule has 2 heteroatoms. The van der Waals surface area contributed by atoms with Crippen molar-refractivity contribution >= 4 is 0 Å². The molecule has 0 bridgehead atoms. The van der Waals surface area contributed by atoms with Crippen LogP contribution in [0.2, 0.25) is 0 Å². The first-order chi connectivity index (χ1) is 3.00. The third-order valence-electron chi connectivity index (χ3n) is 0.667. The van der Waals surface area contributed by atoms with Gasteiger partial charge in [-0.2, -0.15) is 0 Å². The zero-order valence-electron chi connectivity index (χ0n) is 4.20. The molecule has 0 amide bonds. The minimum Gasteiger partial charge on any atom is -0.0623 e. The minimum absolute atomic E-state index is 0. The summed E-state index contributed by atoms with van der Waals surface area (Å²) in [6.07, 6.45) is 0. The molecule has 0 spiro atoms. The number of hydrogen-bond acceptors (Lipinski definition) is 0. The normalized spacial score (nSPS) is 6.00. The van der Waals surface area contributed by atoms with Crippen LogP contribution in [0.15, 0.2) is 36.4 Å². The van der Waals surface area contributed by atoms with Gasteiger partial charge >= 0.3 is 0 Å². The quantitative estimate of drug-likeness (QED) is 0.544. The number of benzene rings is 1. The van der Waals surface area contributed by atoms with Crippen LogP contribution in [-0.2, 0) is 34.1 Å². The smallest absolute Gasteiger partial charge is 0 e. The van der Waals surface area contributed by atoms with Gasteiger partial charge in [0.1, 0.15) is 0 Å². The molecule has 0 aliphatic rings. The Hall–Kier alpha value is 0.259. The molecule has 0 atom stereocenters. The predicted octanol–water partition coefficient (Wildman–Crippen LogP) is 1.68. The summed E-state index contributed by atoms with van der Waals surface area (Å²) in [7, 11) is 0. The topological polar surface area (TPSA) is 0 Å². The molecule has 0 N–H and O–H groups in total. The average Bonchev–Trinajstić information content (AvgIpc) is 1.72. The van der Waals surface area contributed by atoms with E-state index in [1.165, 1.54) is 0 Å². The predicted molar refractivity (Wildman–Crippen MR) is 26.4 cm³/mol. The maximum atomic E-state index is 2.00. The first kappa shape index (κ1) is 11.1. The Morgan fingerprint density at radius 2 is 0.625 bits per heavy atom. The maximum Gasteiger partial charge on any atom is 0 e. The van der Waals surface area contributed by atoms with E-state index >= 15 is 0 Å². The summed E-state index contributed by atoms with van der Waals surface area (Å²) >= 11 is 0. The van der Waals surface area contributed by atoms with Crippen molar-refractivity contribution in [3.63, 3.8) is 0 Å². The molecule has 8 heavy (non-hydrogen) atoms. The Bertz CT molecular complexity index is 80.5. The fraction of sp³-hybridized carbons (Fsp3) is 0. The third kappa shape index (κ3) is 4.42. The maximum absolute atomic E-state index is 2.00. The van der Waals surface area contributed by atoms with Crippen LogP contribution in [-0.4, -0.2) is 0 Å². The van der Waals surface area contributed by atoms with Crippen molar-refractivity contribution in [1.29, 1.82) is 0 Å². The van der Waals surface area contributed by atoms with Crippen molar-refractivity contribution < 1.29 is 34.1 Å². The fourth-order valence-electron chi connectivity index (χ4n) is 0.385. The molecule has 45 valence electrons. The second-order valence-corrected chi connectivity index (χ2v) is 1.15. The van der Waals surface area contributed by atoms with Crippen LogP contribution < -0.4 is 0 Å². The zero-order chi connectivity index (χ0) is 4.24. The van der Waals surface area contributed by atoms with E-state index in [0.717, 1.165) is 0 Å². The van der Waals surface area contributed by atoms with Gasteiger partial charge in [0.25, 0.3) is 0 Å². The molecule has 0 heterocycles. The van der Waals surface area contributed by atoms with Crippen LogP contribution in [0.4, 0.5) is 0 Å². The van der Waals surface area contributed by atoms with Crippen LogP contribution in [0.25, 0.3) is 0 Å². The van der Waals surface area contributed by atoms with Gasteiger partial charge in [0.15, 0.2) is 0 Å². The van der Waals surface area contributed by atoms with Crippen LogP contribution in [0.5, 0.6) is 0 Å². The van der Waals surface area contributed by atoms with Gasteiger partial charge in [0.2, 0.25) is 0 Å². The summed E-state index contributed by atoms with van der Waals surface area (Å²) < 4.78 is 0. The summed E-state index contributed by atoms with van der Waals surface area (Å²) in [5.41, 5.74) is 0. The van der Waals surface area contributed by atoms with E-state index in [2.05, 4.69) is 0 Å². The summed E-state index contributed by atoms with van der Waals surface area (Å²) in [5.74, 6) is 0. The molecule has 0 aromatic heterocycles. The van der Waals surface area contributed by atoms with Crippen LogP contribution in [0, 0.1) is 0 Å². The second-order valence-electron chi connectivity index (χ2n) is 1.15. The van der Waals surface area contributed by atoms with Crippen molar-refractivity contribution in [2.75, 3.05) is 0 Å². The van der Waals surface area contributed by atoms with E-state index in [4.69, 9.17) is 0 Å². The fourth-order valence-corrected chi connectivity index (χ4v) is 0.385. The molecule has 1 radical (unpaired) electrons. The molecule has 0 aliphatic carbocycles. The van der Waals surface area contributed by atoms with Gasteiger partial charge in [-0.1, -0.05) is 36.4 Å². The molecule has 0 unspecified atom stereocenters. The van der Waals surface area contributed by atoms with Crippen LogP contribution >= 0.6 is 0 Å². The first-order valence-corrected chi connectivity index (χ1v) is 2.00. The largest absolute Gasteiger partial charge is 0.0623 e. The minimum atomic E-state index is 0. The Balaban J connectivity index is 0. The molecule has 1 aromatic carbocycles. The monoisotopic (exact) mass is 189 g/mol. The van der Waals surface area contributed by atoms with E-state index < -0.39 is 0 Å².